The molecule has 0 fully saturated rings. The normalized spacial score (nSPS) is 12.9. The summed E-state index contributed by atoms with van der Waals surface area (Å²) in [5, 5.41) is 14.6. The standard InChI is InChI=1S/C23H35N5O3/c1-6-9-14-28(13-7-2)21-15-20(25-16-26-21)22(29)27-19(8-3)17(4)11-10-12-24-18(5)23(30)31/h8,10-11,15-16,18,24H,3,6-7,9,12-14H2,1-2,4-5H3,(H,27,29)(H,30,31). The monoisotopic (exact) mass is 429 g/mol. The van der Waals surface area contributed by atoms with Gasteiger partial charge in [-0.3, -0.25) is 9.59 Å². The summed E-state index contributed by atoms with van der Waals surface area (Å²) >= 11 is 0. The van der Waals surface area contributed by atoms with Crippen molar-refractivity contribution in [2.24, 2.45) is 0 Å². The molecule has 1 rings (SSSR count). The van der Waals surface area contributed by atoms with Gasteiger partial charge in [0.1, 0.15) is 23.9 Å². The number of rotatable bonds is 14. The van der Waals surface area contributed by atoms with Crippen molar-refractivity contribution in [2.45, 2.75) is 53.0 Å². The predicted octanol–water partition coefficient (Wildman–Crippen LogP) is 3.30. The molecule has 1 aromatic rings. The third kappa shape index (κ3) is 9.13. The quantitative estimate of drug-likeness (QED) is 0.390. The van der Waals surface area contributed by atoms with E-state index in [0.29, 0.717) is 12.2 Å². The van der Waals surface area contributed by atoms with Crippen molar-refractivity contribution in [2.75, 3.05) is 24.5 Å². The number of carboxylic acids is 1. The van der Waals surface area contributed by atoms with Gasteiger partial charge in [-0.05, 0) is 38.3 Å². The Morgan fingerprint density at radius 1 is 1.26 bits per heavy atom. The van der Waals surface area contributed by atoms with Gasteiger partial charge in [0.2, 0.25) is 0 Å². The third-order valence-corrected chi connectivity index (χ3v) is 4.64. The van der Waals surface area contributed by atoms with Gasteiger partial charge < -0.3 is 20.6 Å². The molecule has 0 saturated carbocycles. The van der Waals surface area contributed by atoms with Gasteiger partial charge in [0.05, 0.1) is 0 Å². The minimum absolute atomic E-state index is 0.288. The highest BCUT2D eigenvalue weighted by Crippen LogP contribution is 2.14. The van der Waals surface area contributed by atoms with E-state index < -0.39 is 12.0 Å². The molecule has 0 aromatic carbocycles. The number of hydrogen-bond donors (Lipinski definition) is 3. The lowest BCUT2D eigenvalue weighted by Gasteiger charge is -2.23. The number of aromatic nitrogens is 2. The van der Waals surface area contributed by atoms with E-state index in [2.05, 4.69) is 45.9 Å². The highest BCUT2D eigenvalue weighted by atomic mass is 16.4. The average molecular weight is 430 g/mol. The Morgan fingerprint density at radius 2 is 2.00 bits per heavy atom. The number of nitrogens with one attached hydrogen (secondary N) is 2. The Bertz CT molecular complexity index is 804. The number of carbonyl (C=O) groups is 2. The van der Waals surface area contributed by atoms with Gasteiger partial charge >= 0.3 is 5.97 Å². The van der Waals surface area contributed by atoms with Crippen LogP contribution in [0.25, 0.3) is 0 Å². The first-order valence-electron chi connectivity index (χ1n) is 10.7. The fraction of sp³-hybridized carbons (Fsp3) is 0.478. The Labute approximate surface area is 185 Å². The number of unbranched alkanes of at least 4 members (excludes halogenated alkanes) is 1. The van der Waals surface area contributed by atoms with Crippen LogP contribution in [0.1, 0.15) is 57.4 Å². The lowest BCUT2D eigenvalue weighted by atomic mass is 10.2. The summed E-state index contributed by atoms with van der Waals surface area (Å²) in [6, 6.07) is 1.08. The molecule has 0 bridgehead atoms. The molecular weight excluding hydrogens is 394 g/mol. The molecule has 170 valence electrons. The lowest BCUT2D eigenvalue weighted by Crippen LogP contribution is -2.33. The summed E-state index contributed by atoms with van der Waals surface area (Å²) < 4.78 is 0. The van der Waals surface area contributed by atoms with Crippen LogP contribution in [0.5, 0.6) is 0 Å². The van der Waals surface area contributed by atoms with Crippen molar-refractivity contribution in [3.63, 3.8) is 0 Å². The topological polar surface area (TPSA) is 107 Å². The second-order valence-electron chi connectivity index (χ2n) is 7.23. The van der Waals surface area contributed by atoms with E-state index in [0.717, 1.165) is 43.7 Å². The minimum Gasteiger partial charge on any atom is -0.480 e. The first-order chi connectivity index (χ1) is 14.8. The molecule has 0 saturated heterocycles. The predicted molar refractivity (Wildman–Crippen MR) is 124 cm³/mol. The van der Waals surface area contributed by atoms with Crippen LogP contribution in [0.2, 0.25) is 0 Å². The Hall–Kier alpha value is -3.00. The molecule has 1 atom stereocenters. The molecule has 1 aromatic heterocycles. The molecule has 0 spiro atoms. The molecule has 0 aliphatic rings. The number of allylic oxidation sites excluding steroid dienone is 3. The van der Waals surface area contributed by atoms with Crippen molar-refractivity contribution >= 4 is 17.7 Å². The second kappa shape index (κ2) is 14.1. The van der Waals surface area contributed by atoms with Crippen molar-refractivity contribution in [3.05, 3.63) is 54.2 Å². The van der Waals surface area contributed by atoms with Crippen LogP contribution in [-0.2, 0) is 4.79 Å². The maximum absolute atomic E-state index is 12.8. The molecule has 1 unspecified atom stereocenters. The maximum atomic E-state index is 12.8. The number of carbonyl (C=O) groups excluding carboxylic acids is 1. The number of hydrogen-bond acceptors (Lipinski definition) is 6. The van der Waals surface area contributed by atoms with Crippen LogP contribution in [-0.4, -0.2) is 52.6 Å². The highest BCUT2D eigenvalue weighted by Gasteiger charge is 2.14. The highest BCUT2D eigenvalue weighted by molar-refractivity contribution is 5.94. The van der Waals surface area contributed by atoms with E-state index >= 15 is 0 Å². The van der Waals surface area contributed by atoms with E-state index in [1.807, 2.05) is 6.92 Å². The SMILES string of the molecule is C=CC(NC(=O)c1cc(N(CCC)CCCC)ncn1)=C(C)C=CCNC(C)C(=O)O. The summed E-state index contributed by atoms with van der Waals surface area (Å²) in [7, 11) is 0. The number of carboxylic acid groups (broad SMARTS) is 1. The molecule has 31 heavy (non-hydrogen) atoms. The van der Waals surface area contributed by atoms with Gasteiger partial charge in [-0.1, -0.05) is 39.0 Å². The maximum Gasteiger partial charge on any atom is 0.320 e. The first-order valence-corrected chi connectivity index (χ1v) is 10.7. The second-order valence-corrected chi connectivity index (χ2v) is 7.23. The summed E-state index contributed by atoms with van der Waals surface area (Å²) in [5.41, 5.74) is 1.64. The average Bonchev–Trinajstić information content (AvgIpc) is 2.77. The molecule has 8 nitrogen and oxygen atoms in total. The van der Waals surface area contributed by atoms with E-state index in [4.69, 9.17) is 5.11 Å². The van der Waals surface area contributed by atoms with Crippen LogP contribution in [0, 0.1) is 0 Å². The Kier molecular flexibility index (Phi) is 11.8. The molecule has 3 N–H and O–H groups in total. The molecule has 0 radical (unpaired) electrons. The van der Waals surface area contributed by atoms with E-state index in [9.17, 15) is 9.59 Å². The molecule has 0 aliphatic carbocycles. The Balaban J connectivity index is 2.88. The summed E-state index contributed by atoms with van der Waals surface area (Å²) in [6.07, 6.45) is 9.71. The zero-order valence-electron chi connectivity index (χ0n) is 19.0. The number of amides is 1. The fourth-order valence-corrected chi connectivity index (χ4v) is 2.76. The molecule has 1 heterocycles. The van der Waals surface area contributed by atoms with Crippen molar-refractivity contribution < 1.29 is 14.7 Å². The molecule has 0 aliphatic heterocycles. The lowest BCUT2D eigenvalue weighted by molar-refractivity contribution is -0.138. The van der Waals surface area contributed by atoms with Gasteiger partial charge in [0, 0.05) is 31.4 Å². The van der Waals surface area contributed by atoms with Gasteiger partial charge in [-0.15, -0.1) is 0 Å². The molecular formula is C23H35N5O3. The van der Waals surface area contributed by atoms with Crippen molar-refractivity contribution in [1.82, 2.24) is 20.6 Å². The van der Waals surface area contributed by atoms with Crippen LogP contribution in [0.3, 0.4) is 0 Å². The summed E-state index contributed by atoms with van der Waals surface area (Å²) in [6.45, 7) is 13.6. The van der Waals surface area contributed by atoms with Crippen molar-refractivity contribution in [1.29, 1.82) is 0 Å². The Morgan fingerprint density at radius 3 is 2.61 bits per heavy atom. The molecule has 1 amide bonds. The fourth-order valence-electron chi connectivity index (χ4n) is 2.76. The summed E-state index contributed by atoms with van der Waals surface area (Å²) in [5.74, 6) is -0.498. The number of anilines is 1. The van der Waals surface area contributed by atoms with Crippen LogP contribution in [0.4, 0.5) is 5.82 Å². The third-order valence-electron chi connectivity index (χ3n) is 4.64. The summed E-state index contributed by atoms with van der Waals surface area (Å²) in [4.78, 5) is 34.2. The smallest absolute Gasteiger partial charge is 0.320 e. The largest absolute Gasteiger partial charge is 0.480 e. The van der Waals surface area contributed by atoms with Gasteiger partial charge in [-0.2, -0.15) is 0 Å². The zero-order chi connectivity index (χ0) is 23.2. The van der Waals surface area contributed by atoms with Crippen molar-refractivity contribution in [3.8, 4) is 0 Å². The van der Waals surface area contributed by atoms with Crippen LogP contribution in [0.15, 0.2) is 48.5 Å². The van der Waals surface area contributed by atoms with Gasteiger partial charge in [0.25, 0.3) is 5.91 Å². The van der Waals surface area contributed by atoms with E-state index in [1.54, 1.807) is 31.2 Å². The van der Waals surface area contributed by atoms with E-state index in [-0.39, 0.29) is 11.6 Å². The van der Waals surface area contributed by atoms with Gasteiger partial charge in [-0.25, -0.2) is 9.97 Å². The van der Waals surface area contributed by atoms with Crippen LogP contribution >= 0.6 is 0 Å². The molecule has 8 heteroatoms. The zero-order valence-corrected chi connectivity index (χ0v) is 19.0. The van der Waals surface area contributed by atoms with Crippen LogP contribution < -0.4 is 15.5 Å². The minimum atomic E-state index is -0.906. The number of aliphatic carboxylic acids is 1. The van der Waals surface area contributed by atoms with E-state index in [1.165, 1.54) is 6.33 Å². The van der Waals surface area contributed by atoms with Gasteiger partial charge in [0.15, 0.2) is 0 Å². The number of nitrogens with zero attached hydrogens (tertiary/aromatic N) is 3. The first kappa shape index (κ1) is 26.0.